The first-order chi connectivity index (χ1) is 12.1. The molecule has 7 heteroatoms. The predicted octanol–water partition coefficient (Wildman–Crippen LogP) is 3.16. The molecule has 2 aromatic carbocycles. The Bertz CT molecular complexity index is 710. The maximum absolute atomic E-state index is 12.9. The Labute approximate surface area is 158 Å². The third kappa shape index (κ3) is 5.42. The predicted molar refractivity (Wildman–Crippen MR) is 99.0 cm³/mol. The Kier molecular flexibility index (Phi) is 7.38. The number of nitrogens with two attached hydrogens (primary N) is 1. The average molecular weight is 381 g/mol. The van der Waals surface area contributed by atoms with E-state index in [0.717, 1.165) is 12.0 Å². The molecular weight excluding hydrogens is 359 g/mol. The van der Waals surface area contributed by atoms with Crippen LogP contribution in [0.25, 0.3) is 0 Å². The van der Waals surface area contributed by atoms with E-state index in [-0.39, 0.29) is 30.2 Å². The maximum Gasteiger partial charge on any atom is 0.249 e. The minimum atomic E-state index is -0.408. The Morgan fingerprint density at radius 3 is 2.31 bits per heavy atom. The van der Waals surface area contributed by atoms with Gasteiger partial charge in [-0.1, -0.05) is 12.1 Å². The van der Waals surface area contributed by atoms with E-state index < -0.39 is 6.10 Å². The van der Waals surface area contributed by atoms with Gasteiger partial charge >= 0.3 is 0 Å². The molecule has 140 valence electrons. The van der Waals surface area contributed by atoms with Gasteiger partial charge in [0.05, 0.1) is 6.10 Å². The van der Waals surface area contributed by atoms with Gasteiger partial charge in [-0.05, 0) is 54.8 Å². The topological polar surface area (TPSA) is 73.6 Å². The van der Waals surface area contributed by atoms with E-state index in [1.165, 1.54) is 12.1 Å². The summed E-state index contributed by atoms with van der Waals surface area (Å²) in [4.78, 5) is 12.1. The zero-order valence-electron chi connectivity index (χ0n) is 14.2. The molecule has 1 aliphatic heterocycles. The van der Waals surface area contributed by atoms with Gasteiger partial charge in [0.2, 0.25) is 5.91 Å². The van der Waals surface area contributed by atoms with Gasteiger partial charge in [0.15, 0.2) is 0 Å². The number of carbonyl (C=O) groups excluding carboxylic acids is 1. The highest BCUT2D eigenvalue weighted by atomic mass is 35.5. The lowest BCUT2D eigenvalue weighted by atomic mass is 10.1. The third-order valence-corrected chi connectivity index (χ3v) is 4.10. The van der Waals surface area contributed by atoms with Gasteiger partial charge in [-0.15, -0.1) is 12.4 Å². The van der Waals surface area contributed by atoms with Gasteiger partial charge in [-0.25, -0.2) is 4.39 Å². The molecule has 1 fully saturated rings. The summed E-state index contributed by atoms with van der Waals surface area (Å²) in [6.45, 7) is 0.863. The quantitative estimate of drug-likeness (QED) is 0.807. The lowest BCUT2D eigenvalue weighted by Gasteiger charge is -2.13. The minimum Gasteiger partial charge on any atom is -0.457 e. The summed E-state index contributed by atoms with van der Waals surface area (Å²) < 4.78 is 24.1. The fourth-order valence-corrected chi connectivity index (χ4v) is 2.69. The van der Waals surface area contributed by atoms with E-state index in [1.807, 2.05) is 12.1 Å². The molecule has 1 aliphatic rings. The second kappa shape index (κ2) is 9.52. The van der Waals surface area contributed by atoms with Crippen LogP contribution in [0.15, 0.2) is 48.5 Å². The van der Waals surface area contributed by atoms with Crippen LogP contribution < -0.4 is 15.8 Å². The Morgan fingerprint density at radius 2 is 1.73 bits per heavy atom. The van der Waals surface area contributed by atoms with Crippen molar-refractivity contribution >= 4 is 18.3 Å². The van der Waals surface area contributed by atoms with Gasteiger partial charge < -0.3 is 20.5 Å². The van der Waals surface area contributed by atoms with Gasteiger partial charge in [0, 0.05) is 13.1 Å². The Morgan fingerprint density at radius 1 is 1.12 bits per heavy atom. The summed E-state index contributed by atoms with van der Waals surface area (Å²) >= 11 is 0. The number of hydrogen-bond acceptors (Lipinski definition) is 4. The van der Waals surface area contributed by atoms with E-state index >= 15 is 0 Å². The van der Waals surface area contributed by atoms with Crippen molar-refractivity contribution in [3.05, 3.63) is 59.9 Å². The summed E-state index contributed by atoms with van der Waals surface area (Å²) in [7, 11) is 0. The van der Waals surface area contributed by atoms with Crippen LogP contribution in [0.3, 0.4) is 0 Å². The van der Waals surface area contributed by atoms with Crippen LogP contribution in [0.2, 0.25) is 0 Å². The molecule has 5 nitrogen and oxygen atoms in total. The van der Waals surface area contributed by atoms with Crippen molar-refractivity contribution in [2.75, 3.05) is 6.54 Å². The molecule has 1 heterocycles. The minimum absolute atomic E-state index is 0. The van der Waals surface area contributed by atoms with Gasteiger partial charge in [0.1, 0.15) is 23.4 Å². The molecule has 3 rings (SSSR count). The summed E-state index contributed by atoms with van der Waals surface area (Å²) in [5.41, 5.74) is 6.50. The molecule has 0 radical (unpaired) electrons. The van der Waals surface area contributed by atoms with Gasteiger partial charge in [-0.2, -0.15) is 0 Å². The first kappa shape index (κ1) is 20.2. The normalized spacial score (nSPS) is 18.8. The molecule has 26 heavy (non-hydrogen) atoms. The molecule has 0 bridgehead atoms. The number of nitrogens with one attached hydrogen (secondary N) is 1. The number of halogens is 2. The van der Waals surface area contributed by atoms with Crippen LogP contribution in [0.1, 0.15) is 18.4 Å². The van der Waals surface area contributed by atoms with Crippen molar-refractivity contribution in [1.82, 2.24) is 5.32 Å². The Hall–Kier alpha value is -2.15. The highest BCUT2D eigenvalue weighted by molar-refractivity contribution is 5.85. The van der Waals surface area contributed by atoms with Crippen LogP contribution in [0, 0.1) is 5.82 Å². The molecule has 3 N–H and O–H groups in total. The lowest BCUT2D eigenvalue weighted by Crippen LogP contribution is -2.35. The van der Waals surface area contributed by atoms with Crippen molar-refractivity contribution in [3.63, 3.8) is 0 Å². The highest BCUT2D eigenvalue weighted by Crippen LogP contribution is 2.22. The number of rotatable bonds is 6. The summed E-state index contributed by atoms with van der Waals surface area (Å²) in [5.74, 6) is 0.798. The molecule has 1 saturated heterocycles. The second-order valence-corrected chi connectivity index (χ2v) is 5.98. The lowest BCUT2D eigenvalue weighted by molar-refractivity contribution is -0.132. The van der Waals surface area contributed by atoms with Crippen molar-refractivity contribution < 1.29 is 18.7 Å². The van der Waals surface area contributed by atoms with Crippen LogP contribution in [-0.4, -0.2) is 24.7 Å². The maximum atomic E-state index is 12.9. The van der Waals surface area contributed by atoms with Crippen LogP contribution in [-0.2, 0) is 16.1 Å². The molecule has 0 aromatic heterocycles. The monoisotopic (exact) mass is 380 g/mol. The van der Waals surface area contributed by atoms with E-state index in [4.69, 9.17) is 15.2 Å². The van der Waals surface area contributed by atoms with Crippen molar-refractivity contribution in [3.8, 4) is 11.5 Å². The second-order valence-electron chi connectivity index (χ2n) is 5.98. The van der Waals surface area contributed by atoms with Crippen LogP contribution in [0.5, 0.6) is 11.5 Å². The van der Waals surface area contributed by atoms with E-state index in [1.54, 1.807) is 24.3 Å². The Balaban J connectivity index is 0.00000243. The number of ether oxygens (including phenoxy) is 2. The van der Waals surface area contributed by atoms with E-state index in [0.29, 0.717) is 31.0 Å². The molecule has 0 unspecified atom stereocenters. The molecule has 0 aliphatic carbocycles. The zero-order valence-corrected chi connectivity index (χ0v) is 15.0. The fourth-order valence-electron chi connectivity index (χ4n) is 2.69. The molecule has 0 spiro atoms. The van der Waals surface area contributed by atoms with E-state index in [2.05, 4.69) is 5.32 Å². The molecule has 2 aromatic rings. The fraction of sp³-hybridized carbons (Fsp3) is 0.316. The first-order valence-electron chi connectivity index (χ1n) is 8.29. The number of hydrogen-bond donors (Lipinski definition) is 2. The smallest absolute Gasteiger partial charge is 0.249 e. The van der Waals surface area contributed by atoms with E-state index in [9.17, 15) is 9.18 Å². The summed E-state index contributed by atoms with van der Waals surface area (Å²) in [6.07, 6.45) is 1.11. The van der Waals surface area contributed by atoms with Crippen molar-refractivity contribution in [2.45, 2.75) is 31.6 Å². The van der Waals surface area contributed by atoms with Gasteiger partial charge in [-0.3, -0.25) is 4.79 Å². The third-order valence-electron chi connectivity index (χ3n) is 4.10. The van der Waals surface area contributed by atoms with Gasteiger partial charge in [0.25, 0.3) is 0 Å². The van der Waals surface area contributed by atoms with Crippen LogP contribution >= 0.6 is 12.4 Å². The number of carbonyl (C=O) groups is 1. The summed E-state index contributed by atoms with van der Waals surface area (Å²) in [5, 5.41) is 2.87. The highest BCUT2D eigenvalue weighted by Gasteiger charge is 2.29. The van der Waals surface area contributed by atoms with Crippen LogP contribution in [0.4, 0.5) is 4.39 Å². The van der Waals surface area contributed by atoms with Crippen molar-refractivity contribution in [1.29, 1.82) is 0 Å². The number of amides is 1. The SMILES string of the molecule is Cl.NC[C@H]1CC[C@@H](C(=O)NCc2ccc(Oc3ccc(F)cc3)cc2)O1. The average Bonchev–Trinajstić information content (AvgIpc) is 3.12. The molecule has 0 saturated carbocycles. The largest absolute Gasteiger partial charge is 0.457 e. The first-order valence-corrected chi connectivity index (χ1v) is 8.29. The standard InChI is InChI=1S/C19H21FN2O3.ClH/c20-14-3-7-16(8-4-14)24-15-5-1-13(2-6-15)12-22-19(23)18-10-9-17(11-21)25-18;/h1-8,17-18H,9-12,21H2,(H,22,23);1H/t17-,18+;/m1./s1. The molecular formula is C19H22ClFN2O3. The van der Waals surface area contributed by atoms with Crippen molar-refractivity contribution in [2.24, 2.45) is 5.73 Å². The molecule has 1 amide bonds. The number of benzene rings is 2. The molecule has 2 atom stereocenters. The summed E-state index contributed by atoms with van der Waals surface area (Å²) in [6, 6.07) is 13.2. The zero-order chi connectivity index (χ0) is 17.6.